The molecule has 124 valence electrons. The van der Waals surface area contributed by atoms with E-state index in [0.29, 0.717) is 0 Å². The Morgan fingerprint density at radius 3 is 2.14 bits per heavy atom. The fourth-order valence-electron chi connectivity index (χ4n) is 2.18. The lowest BCUT2D eigenvalue weighted by molar-refractivity contribution is -0.312. The van der Waals surface area contributed by atoms with Crippen molar-refractivity contribution < 1.29 is 50.0 Å². The minimum atomic E-state index is -1.69. The van der Waals surface area contributed by atoms with Crippen molar-refractivity contribution in [3.8, 4) is 0 Å². The maximum absolute atomic E-state index is 9.70. The third-order valence-corrected chi connectivity index (χ3v) is 3.57. The molecule has 0 amide bonds. The number of aliphatic hydroxyl groups is 7. The molecule has 2 saturated heterocycles. The van der Waals surface area contributed by atoms with Crippen LogP contribution in [0.2, 0.25) is 0 Å². The summed E-state index contributed by atoms with van der Waals surface area (Å²) >= 11 is 0. The summed E-state index contributed by atoms with van der Waals surface area (Å²) in [4.78, 5) is 0. The topological polar surface area (TPSA) is 169 Å². The first-order valence-electron chi connectivity index (χ1n) is 6.48. The van der Waals surface area contributed by atoms with Gasteiger partial charge in [0.1, 0.15) is 42.7 Å². The SMILES string of the molecule is OC1COC(OCC2OC(O)C(O)C(O)C2O)C(O)C1O. The summed E-state index contributed by atoms with van der Waals surface area (Å²) in [6.07, 6.45) is -13.1. The molecule has 7 N–H and O–H groups in total. The number of ether oxygens (including phenoxy) is 3. The maximum Gasteiger partial charge on any atom is 0.186 e. The van der Waals surface area contributed by atoms with E-state index < -0.39 is 55.3 Å². The lowest BCUT2D eigenvalue weighted by atomic mass is 9.99. The van der Waals surface area contributed by atoms with Gasteiger partial charge in [-0.3, -0.25) is 0 Å². The molecule has 10 heteroatoms. The van der Waals surface area contributed by atoms with Crippen molar-refractivity contribution in [2.45, 2.75) is 55.3 Å². The second-order valence-corrected chi connectivity index (χ2v) is 5.12. The molecular weight excluding hydrogens is 292 g/mol. The van der Waals surface area contributed by atoms with Crippen LogP contribution in [0, 0.1) is 0 Å². The van der Waals surface area contributed by atoms with Gasteiger partial charge in [-0.05, 0) is 0 Å². The van der Waals surface area contributed by atoms with Crippen LogP contribution in [0.1, 0.15) is 0 Å². The highest BCUT2D eigenvalue weighted by molar-refractivity contribution is 4.89. The van der Waals surface area contributed by atoms with E-state index in [2.05, 4.69) is 0 Å². The summed E-state index contributed by atoms with van der Waals surface area (Å²) in [7, 11) is 0. The lowest BCUT2D eigenvalue weighted by Gasteiger charge is -2.40. The van der Waals surface area contributed by atoms with Crippen LogP contribution in [0.15, 0.2) is 0 Å². The summed E-state index contributed by atoms with van der Waals surface area (Å²) < 4.78 is 15.0. The molecule has 9 atom stereocenters. The van der Waals surface area contributed by atoms with Crippen molar-refractivity contribution in [3.63, 3.8) is 0 Å². The van der Waals surface area contributed by atoms with Crippen LogP contribution in [-0.2, 0) is 14.2 Å². The Hall–Kier alpha value is -0.400. The molecule has 2 rings (SSSR count). The van der Waals surface area contributed by atoms with Crippen LogP contribution in [0.25, 0.3) is 0 Å². The lowest BCUT2D eigenvalue weighted by Crippen LogP contribution is -2.59. The Balaban J connectivity index is 1.88. The second kappa shape index (κ2) is 6.79. The third kappa shape index (κ3) is 3.51. The summed E-state index contributed by atoms with van der Waals surface area (Å²) in [6.45, 7) is -0.631. The van der Waals surface area contributed by atoms with Crippen LogP contribution in [0.4, 0.5) is 0 Å². The van der Waals surface area contributed by atoms with Gasteiger partial charge >= 0.3 is 0 Å². The van der Waals surface area contributed by atoms with Crippen molar-refractivity contribution in [2.75, 3.05) is 13.2 Å². The van der Waals surface area contributed by atoms with E-state index in [0.717, 1.165) is 0 Å². The van der Waals surface area contributed by atoms with Crippen LogP contribution >= 0.6 is 0 Å². The van der Waals surface area contributed by atoms with Gasteiger partial charge in [-0.2, -0.15) is 0 Å². The zero-order chi connectivity index (χ0) is 15.7. The standard InChI is InChI=1S/C11H20O10/c12-3-1-19-11(9(17)5(3)13)20-2-4-6(14)7(15)8(16)10(18)21-4/h3-18H,1-2H2. The van der Waals surface area contributed by atoms with E-state index in [-0.39, 0.29) is 13.2 Å². The molecule has 2 fully saturated rings. The van der Waals surface area contributed by atoms with E-state index in [9.17, 15) is 35.7 Å². The number of hydrogen-bond acceptors (Lipinski definition) is 10. The van der Waals surface area contributed by atoms with E-state index in [4.69, 9.17) is 14.2 Å². The Morgan fingerprint density at radius 2 is 1.48 bits per heavy atom. The van der Waals surface area contributed by atoms with Crippen molar-refractivity contribution in [2.24, 2.45) is 0 Å². The molecule has 10 nitrogen and oxygen atoms in total. The van der Waals surface area contributed by atoms with Gasteiger partial charge in [-0.1, -0.05) is 0 Å². The molecule has 0 aromatic carbocycles. The molecule has 0 saturated carbocycles. The average molecular weight is 312 g/mol. The predicted octanol–water partition coefficient (Wildman–Crippen LogP) is -4.76. The first-order valence-corrected chi connectivity index (χ1v) is 6.48. The van der Waals surface area contributed by atoms with Crippen molar-refractivity contribution in [1.29, 1.82) is 0 Å². The van der Waals surface area contributed by atoms with E-state index in [1.807, 2.05) is 0 Å². The molecule has 2 aliphatic heterocycles. The number of hydrogen-bond donors (Lipinski definition) is 7. The fourth-order valence-corrected chi connectivity index (χ4v) is 2.18. The van der Waals surface area contributed by atoms with Crippen molar-refractivity contribution in [1.82, 2.24) is 0 Å². The van der Waals surface area contributed by atoms with Gasteiger partial charge in [0.15, 0.2) is 12.6 Å². The van der Waals surface area contributed by atoms with Gasteiger partial charge in [-0.15, -0.1) is 0 Å². The third-order valence-electron chi connectivity index (χ3n) is 3.57. The van der Waals surface area contributed by atoms with Gasteiger partial charge < -0.3 is 50.0 Å². The summed E-state index contributed by atoms with van der Waals surface area (Å²) in [5.74, 6) is 0. The molecule has 0 aromatic rings. The zero-order valence-corrected chi connectivity index (χ0v) is 11.0. The molecule has 0 aliphatic carbocycles. The Bertz CT molecular complexity index is 341. The second-order valence-electron chi connectivity index (χ2n) is 5.12. The molecule has 0 spiro atoms. The molecule has 2 heterocycles. The number of aliphatic hydroxyl groups excluding tert-OH is 7. The highest BCUT2D eigenvalue weighted by Gasteiger charge is 2.44. The normalized spacial score (nSPS) is 51.9. The minimum Gasteiger partial charge on any atom is -0.388 e. The van der Waals surface area contributed by atoms with Crippen LogP contribution in [0.5, 0.6) is 0 Å². The van der Waals surface area contributed by atoms with Gasteiger partial charge in [0.2, 0.25) is 0 Å². The molecule has 9 unspecified atom stereocenters. The molecule has 0 aromatic heterocycles. The predicted molar refractivity (Wildman–Crippen MR) is 62.6 cm³/mol. The Morgan fingerprint density at radius 1 is 0.810 bits per heavy atom. The average Bonchev–Trinajstić information content (AvgIpc) is 2.46. The molecule has 21 heavy (non-hydrogen) atoms. The van der Waals surface area contributed by atoms with Gasteiger partial charge in [0, 0.05) is 0 Å². The largest absolute Gasteiger partial charge is 0.388 e. The molecular formula is C11H20O10. The molecule has 0 radical (unpaired) electrons. The first kappa shape index (κ1) is 17.0. The van der Waals surface area contributed by atoms with Gasteiger partial charge in [-0.25, -0.2) is 0 Å². The van der Waals surface area contributed by atoms with Crippen LogP contribution in [-0.4, -0.2) is 104 Å². The summed E-state index contributed by atoms with van der Waals surface area (Å²) in [6, 6.07) is 0. The first-order chi connectivity index (χ1) is 9.82. The van der Waals surface area contributed by atoms with Crippen LogP contribution in [0.3, 0.4) is 0 Å². The Labute approximate surface area is 119 Å². The summed E-state index contributed by atoms with van der Waals surface area (Å²) in [5, 5.41) is 66.2. The highest BCUT2D eigenvalue weighted by atomic mass is 16.7. The van der Waals surface area contributed by atoms with Gasteiger partial charge in [0.05, 0.1) is 13.2 Å². The maximum atomic E-state index is 9.70. The van der Waals surface area contributed by atoms with E-state index in [1.54, 1.807) is 0 Å². The summed E-state index contributed by atoms with van der Waals surface area (Å²) in [5.41, 5.74) is 0. The zero-order valence-electron chi connectivity index (χ0n) is 11.0. The smallest absolute Gasteiger partial charge is 0.186 e. The minimum absolute atomic E-state index is 0.249. The monoisotopic (exact) mass is 312 g/mol. The van der Waals surface area contributed by atoms with Crippen molar-refractivity contribution in [3.05, 3.63) is 0 Å². The molecule has 2 aliphatic rings. The Kier molecular flexibility index (Phi) is 5.48. The van der Waals surface area contributed by atoms with Crippen LogP contribution < -0.4 is 0 Å². The number of rotatable bonds is 3. The quantitative estimate of drug-likeness (QED) is 0.268. The van der Waals surface area contributed by atoms with E-state index >= 15 is 0 Å². The molecule has 0 bridgehead atoms. The highest BCUT2D eigenvalue weighted by Crippen LogP contribution is 2.22. The fraction of sp³-hybridized carbons (Fsp3) is 1.00. The van der Waals surface area contributed by atoms with E-state index in [1.165, 1.54) is 0 Å². The van der Waals surface area contributed by atoms with Gasteiger partial charge in [0.25, 0.3) is 0 Å². The van der Waals surface area contributed by atoms with Crippen molar-refractivity contribution >= 4 is 0 Å².